The molecule has 1 saturated heterocycles. The zero-order valence-electron chi connectivity index (χ0n) is 9.98. The van der Waals surface area contributed by atoms with Crippen molar-refractivity contribution in [3.63, 3.8) is 0 Å². The summed E-state index contributed by atoms with van der Waals surface area (Å²) in [4.78, 5) is 0. The average Bonchev–Trinajstić information content (AvgIpc) is 2.68. The molecule has 1 fully saturated rings. The molecule has 0 bridgehead atoms. The van der Waals surface area contributed by atoms with Crippen LogP contribution in [0.2, 0.25) is 0 Å². The van der Waals surface area contributed by atoms with Gasteiger partial charge in [-0.05, 0) is 32.1 Å². The molecule has 1 rings (SSSR count). The van der Waals surface area contributed by atoms with Gasteiger partial charge in [0.25, 0.3) is 0 Å². The molecule has 0 radical (unpaired) electrons. The van der Waals surface area contributed by atoms with Crippen LogP contribution in [0.5, 0.6) is 0 Å². The van der Waals surface area contributed by atoms with Crippen molar-refractivity contribution < 1.29 is 13.2 Å². The van der Waals surface area contributed by atoms with Crippen molar-refractivity contribution in [2.24, 2.45) is 5.92 Å². The van der Waals surface area contributed by atoms with Gasteiger partial charge in [0.15, 0.2) is 0 Å². The standard InChI is InChI=1S/C11H21NO3S/c1-4-6-9(2)10(3)16(13,14)12-11-7-5-8-15-11/h4,9-12H,1,5-8H2,2-3H3/t9-,10-,11-/m0/s1. The summed E-state index contributed by atoms with van der Waals surface area (Å²) in [5.74, 6) is 0.0661. The Hall–Kier alpha value is -0.390. The maximum Gasteiger partial charge on any atom is 0.216 e. The van der Waals surface area contributed by atoms with Gasteiger partial charge in [0.2, 0.25) is 10.0 Å². The van der Waals surface area contributed by atoms with Crippen LogP contribution in [0.4, 0.5) is 0 Å². The van der Waals surface area contributed by atoms with Gasteiger partial charge in [0.05, 0.1) is 5.25 Å². The highest BCUT2D eigenvalue weighted by atomic mass is 32.2. The van der Waals surface area contributed by atoms with Crippen LogP contribution < -0.4 is 4.72 Å². The zero-order chi connectivity index (χ0) is 12.2. The monoisotopic (exact) mass is 247 g/mol. The van der Waals surface area contributed by atoms with Gasteiger partial charge >= 0.3 is 0 Å². The number of ether oxygens (including phenoxy) is 1. The Morgan fingerprint density at radius 3 is 2.75 bits per heavy atom. The normalized spacial score (nSPS) is 25.2. The van der Waals surface area contributed by atoms with Crippen LogP contribution >= 0.6 is 0 Å². The summed E-state index contributed by atoms with van der Waals surface area (Å²) < 4.78 is 31.8. The fraction of sp³-hybridized carbons (Fsp3) is 0.818. The van der Waals surface area contributed by atoms with Crippen LogP contribution in [0.1, 0.15) is 33.1 Å². The second-order valence-corrected chi connectivity index (χ2v) is 6.44. The maximum absolute atomic E-state index is 12.0. The SMILES string of the molecule is C=CC[C@H](C)[C@H](C)S(=O)(=O)N[C@@H]1CCCO1. The molecular formula is C11H21NO3S. The van der Waals surface area contributed by atoms with Crippen LogP contribution in [0.15, 0.2) is 12.7 Å². The highest BCUT2D eigenvalue weighted by Crippen LogP contribution is 2.18. The van der Waals surface area contributed by atoms with Crippen molar-refractivity contribution in [3.8, 4) is 0 Å². The Morgan fingerprint density at radius 2 is 2.25 bits per heavy atom. The van der Waals surface area contributed by atoms with E-state index in [4.69, 9.17) is 4.74 Å². The highest BCUT2D eigenvalue weighted by Gasteiger charge is 2.29. The molecule has 1 N–H and O–H groups in total. The van der Waals surface area contributed by atoms with Crippen LogP contribution in [0.3, 0.4) is 0 Å². The van der Waals surface area contributed by atoms with Crippen molar-refractivity contribution in [1.82, 2.24) is 4.72 Å². The first-order valence-corrected chi connectivity index (χ1v) is 7.25. The topological polar surface area (TPSA) is 55.4 Å². The van der Waals surface area contributed by atoms with Gasteiger partial charge < -0.3 is 4.74 Å². The Balaban J connectivity index is 2.57. The third kappa shape index (κ3) is 3.57. The number of allylic oxidation sites excluding steroid dienone is 1. The molecule has 5 heteroatoms. The summed E-state index contributed by atoms with van der Waals surface area (Å²) in [6.07, 6.45) is 3.81. The molecule has 0 aromatic carbocycles. The molecule has 0 aromatic rings. The van der Waals surface area contributed by atoms with Gasteiger partial charge in [-0.15, -0.1) is 6.58 Å². The third-order valence-electron chi connectivity index (χ3n) is 3.05. The largest absolute Gasteiger partial charge is 0.362 e. The van der Waals surface area contributed by atoms with Crippen molar-refractivity contribution in [2.45, 2.75) is 44.6 Å². The highest BCUT2D eigenvalue weighted by molar-refractivity contribution is 7.90. The predicted octanol–water partition coefficient (Wildman–Crippen LogP) is 1.64. The third-order valence-corrected chi connectivity index (χ3v) is 5.09. The Bertz CT molecular complexity index is 320. The minimum atomic E-state index is -3.29. The number of hydrogen-bond donors (Lipinski definition) is 1. The van der Waals surface area contributed by atoms with Crippen LogP contribution in [-0.4, -0.2) is 26.5 Å². The van der Waals surface area contributed by atoms with Gasteiger partial charge in [-0.25, -0.2) is 8.42 Å². The smallest absolute Gasteiger partial charge is 0.216 e. The molecule has 1 heterocycles. The van der Waals surface area contributed by atoms with E-state index in [0.29, 0.717) is 13.0 Å². The fourth-order valence-electron chi connectivity index (χ4n) is 1.72. The molecule has 0 aromatic heterocycles. The predicted molar refractivity (Wildman–Crippen MR) is 64.5 cm³/mol. The molecule has 0 aliphatic carbocycles. The molecule has 94 valence electrons. The van der Waals surface area contributed by atoms with E-state index in [1.54, 1.807) is 13.0 Å². The number of nitrogens with one attached hydrogen (secondary N) is 1. The fourth-order valence-corrected chi connectivity index (χ4v) is 3.21. The molecule has 4 nitrogen and oxygen atoms in total. The first kappa shape index (κ1) is 13.7. The van der Waals surface area contributed by atoms with Crippen molar-refractivity contribution in [2.75, 3.05) is 6.61 Å². The van der Waals surface area contributed by atoms with E-state index in [9.17, 15) is 8.42 Å². The van der Waals surface area contributed by atoms with Crippen LogP contribution in [-0.2, 0) is 14.8 Å². The van der Waals surface area contributed by atoms with Crippen LogP contribution in [0, 0.1) is 5.92 Å². The van der Waals surface area contributed by atoms with Crippen molar-refractivity contribution >= 4 is 10.0 Å². The molecule has 0 amide bonds. The lowest BCUT2D eigenvalue weighted by Crippen LogP contribution is -2.41. The minimum Gasteiger partial charge on any atom is -0.362 e. The summed E-state index contributed by atoms with van der Waals surface area (Å²) in [5, 5.41) is -0.422. The molecule has 0 unspecified atom stereocenters. The van der Waals surface area contributed by atoms with E-state index in [-0.39, 0.29) is 12.1 Å². The van der Waals surface area contributed by atoms with Gasteiger partial charge in [0, 0.05) is 6.61 Å². The van der Waals surface area contributed by atoms with E-state index in [1.165, 1.54) is 0 Å². The lowest BCUT2D eigenvalue weighted by Gasteiger charge is -2.21. The van der Waals surface area contributed by atoms with Gasteiger partial charge in [-0.3, -0.25) is 0 Å². The first-order valence-electron chi connectivity index (χ1n) is 5.71. The van der Waals surface area contributed by atoms with E-state index >= 15 is 0 Å². The van der Waals surface area contributed by atoms with Gasteiger partial charge in [0.1, 0.15) is 6.23 Å². The van der Waals surface area contributed by atoms with Gasteiger partial charge in [-0.2, -0.15) is 4.72 Å². The van der Waals surface area contributed by atoms with E-state index in [2.05, 4.69) is 11.3 Å². The van der Waals surface area contributed by atoms with Crippen molar-refractivity contribution in [3.05, 3.63) is 12.7 Å². The van der Waals surface area contributed by atoms with E-state index in [0.717, 1.165) is 12.8 Å². The number of rotatable bonds is 6. The second kappa shape index (κ2) is 5.80. The molecule has 1 aliphatic heterocycles. The lowest BCUT2D eigenvalue weighted by atomic mass is 10.1. The van der Waals surface area contributed by atoms with E-state index < -0.39 is 15.3 Å². The Morgan fingerprint density at radius 1 is 1.56 bits per heavy atom. The van der Waals surface area contributed by atoms with E-state index in [1.807, 2.05) is 6.92 Å². The molecular weight excluding hydrogens is 226 g/mol. The van der Waals surface area contributed by atoms with Crippen molar-refractivity contribution in [1.29, 1.82) is 0 Å². The first-order chi connectivity index (χ1) is 7.47. The molecule has 3 atom stereocenters. The minimum absolute atomic E-state index is 0.0661. The molecule has 0 spiro atoms. The lowest BCUT2D eigenvalue weighted by molar-refractivity contribution is 0.102. The summed E-state index contributed by atoms with van der Waals surface area (Å²) in [6.45, 7) is 7.92. The number of hydrogen-bond acceptors (Lipinski definition) is 3. The number of sulfonamides is 1. The summed E-state index contributed by atoms with van der Waals surface area (Å²) >= 11 is 0. The molecule has 1 aliphatic rings. The zero-order valence-corrected chi connectivity index (χ0v) is 10.8. The Labute approximate surface area is 98.1 Å². The van der Waals surface area contributed by atoms with Crippen LogP contribution in [0.25, 0.3) is 0 Å². The summed E-state index contributed by atoms with van der Waals surface area (Å²) in [6, 6.07) is 0. The Kier molecular flexibility index (Phi) is 4.95. The summed E-state index contributed by atoms with van der Waals surface area (Å²) in [5.41, 5.74) is 0. The average molecular weight is 247 g/mol. The molecule has 16 heavy (non-hydrogen) atoms. The maximum atomic E-state index is 12.0. The van der Waals surface area contributed by atoms with Gasteiger partial charge in [-0.1, -0.05) is 13.0 Å². The summed E-state index contributed by atoms with van der Waals surface area (Å²) in [7, 11) is -3.29. The molecule has 0 saturated carbocycles. The second-order valence-electron chi connectivity index (χ2n) is 4.37. The quantitative estimate of drug-likeness (QED) is 0.726.